The quantitative estimate of drug-likeness (QED) is 0.537. The Balaban J connectivity index is 1.66. The van der Waals surface area contributed by atoms with Gasteiger partial charge in [0.1, 0.15) is 5.69 Å². The van der Waals surface area contributed by atoms with Crippen molar-refractivity contribution < 1.29 is 4.74 Å². The van der Waals surface area contributed by atoms with Gasteiger partial charge in [-0.25, -0.2) is 9.50 Å². The van der Waals surface area contributed by atoms with Crippen LogP contribution in [0.4, 0.5) is 0 Å². The number of aromatic nitrogens is 3. The second-order valence-corrected chi connectivity index (χ2v) is 7.64. The molecule has 146 valence electrons. The normalized spacial score (nSPS) is 15.2. The second kappa shape index (κ2) is 7.01. The van der Waals surface area contributed by atoms with Crippen molar-refractivity contribution in [3.63, 3.8) is 0 Å². The highest BCUT2D eigenvalue weighted by atomic mass is 16.5. The van der Waals surface area contributed by atoms with Crippen LogP contribution in [0.15, 0.2) is 66.7 Å². The monoisotopic (exact) mass is 384 g/mol. The van der Waals surface area contributed by atoms with Crippen molar-refractivity contribution in [1.29, 1.82) is 0 Å². The minimum Gasteiger partial charge on any atom is -0.477 e. The van der Waals surface area contributed by atoms with Gasteiger partial charge < -0.3 is 10.5 Å². The van der Waals surface area contributed by atoms with Crippen LogP contribution in [0.2, 0.25) is 0 Å². The number of nitrogens with two attached hydrogens (primary N) is 1. The first-order chi connectivity index (χ1) is 14.2. The average Bonchev–Trinajstić information content (AvgIpc) is 3.12. The molecule has 2 aromatic heterocycles. The summed E-state index contributed by atoms with van der Waals surface area (Å²) in [6, 6.07) is 22.6. The maximum Gasteiger partial charge on any atom is 0.231 e. The zero-order valence-electron chi connectivity index (χ0n) is 16.5. The van der Waals surface area contributed by atoms with Crippen LogP contribution >= 0.6 is 0 Å². The Morgan fingerprint density at radius 3 is 2.38 bits per heavy atom. The summed E-state index contributed by atoms with van der Waals surface area (Å²) in [6.07, 6.45) is 3.32. The number of ether oxygens (including phenoxy) is 1. The molecule has 0 spiro atoms. The summed E-state index contributed by atoms with van der Waals surface area (Å²) in [5.74, 6) is 0.589. The predicted octanol–water partition coefficient (Wildman–Crippen LogP) is 4.80. The van der Waals surface area contributed by atoms with E-state index in [1.165, 1.54) is 12.0 Å². The lowest BCUT2D eigenvalue weighted by atomic mass is 9.72. The van der Waals surface area contributed by atoms with E-state index in [0.717, 1.165) is 41.0 Å². The number of hydrogen-bond donors (Lipinski definition) is 1. The highest BCUT2D eigenvalue weighted by Crippen LogP contribution is 2.40. The Morgan fingerprint density at radius 1 is 0.966 bits per heavy atom. The molecule has 0 radical (unpaired) electrons. The van der Waals surface area contributed by atoms with E-state index in [0.29, 0.717) is 12.5 Å². The van der Waals surface area contributed by atoms with Crippen molar-refractivity contribution in [2.75, 3.05) is 6.61 Å². The van der Waals surface area contributed by atoms with Gasteiger partial charge in [-0.1, -0.05) is 54.6 Å². The summed E-state index contributed by atoms with van der Waals surface area (Å²) < 4.78 is 7.49. The van der Waals surface area contributed by atoms with Gasteiger partial charge in [-0.15, -0.1) is 5.10 Å². The second-order valence-electron chi connectivity index (χ2n) is 7.64. The van der Waals surface area contributed by atoms with E-state index in [1.54, 1.807) is 0 Å². The van der Waals surface area contributed by atoms with Crippen molar-refractivity contribution in [2.45, 2.75) is 31.7 Å². The van der Waals surface area contributed by atoms with E-state index in [-0.39, 0.29) is 5.54 Å². The first-order valence-electron chi connectivity index (χ1n) is 10.2. The SMILES string of the molecule is CCOc1ccc2nc(-c3ccc(C4(N)CCC4)cc3)c(-c3ccccc3)n2n1. The molecule has 1 aliphatic carbocycles. The minimum atomic E-state index is -0.159. The number of nitrogens with zero attached hydrogens (tertiary/aromatic N) is 3. The van der Waals surface area contributed by atoms with Gasteiger partial charge in [-0.05, 0) is 37.8 Å². The molecule has 0 unspecified atom stereocenters. The van der Waals surface area contributed by atoms with E-state index in [1.807, 2.05) is 41.8 Å². The molecule has 1 aliphatic rings. The van der Waals surface area contributed by atoms with Crippen molar-refractivity contribution in [3.05, 3.63) is 72.3 Å². The summed E-state index contributed by atoms with van der Waals surface area (Å²) in [6.45, 7) is 2.53. The maximum atomic E-state index is 6.50. The Bertz CT molecular complexity index is 1140. The van der Waals surface area contributed by atoms with Gasteiger partial charge in [0.05, 0.1) is 12.3 Å². The van der Waals surface area contributed by atoms with E-state index in [9.17, 15) is 0 Å². The van der Waals surface area contributed by atoms with Crippen LogP contribution in [0, 0.1) is 0 Å². The fourth-order valence-electron chi connectivity index (χ4n) is 4.00. The molecule has 1 saturated carbocycles. The molecule has 0 amide bonds. The highest BCUT2D eigenvalue weighted by molar-refractivity contribution is 5.81. The first kappa shape index (κ1) is 17.9. The third kappa shape index (κ3) is 3.08. The molecule has 1 fully saturated rings. The molecule has 2 heterocycles. The van der Waals surface area contributed by atoms with Crippen LogP contribution in [-0.2, 0) is 5.54 Å². The fraction of sp³-hybridized carbons (Fsp3) is 0.250. The summed E-state index contributed by atoms with van der Waals surface area (Å²) in [7, 11) is 0. The molecule has 5 rings (SSSR count). The van der Waals surface area contributed by atoms with Crippen LogP contribution in [-0.4, -0.2) is 21.2 Å². The van der Waals surface area contributed by atoms with Crippen LogP contribution < -0.4 is 10.5 Å². The lowest BCUT2D eigenvalue weighted by Gasteiger charge is -2.38. The molecule has 5 nitrogen and oxygen atoms in total. The topological polar surface area (TPSA) is 65.4 Å². The molecular weight excluding hydrogens is 360 g/mol. The average molecular weight is 384 g/mol. The predicted molar refractivity (Wildman–Crippen MR) is 115 cm³/mol. The van der Waals surface area contributed by atoms with E-state index < -0.39 is 0 Å². The lowest BCUT2D eigenvalue weighted by molar-refractivity contribution is 0.253. The van der Waals surface area contributed by atoms with E-state index in [4.69, 9.17) is 15.5 Å². The molecule has 0 atom stereocenters. The third-order valence-corrected chi connectivity index (χ3v) is 5.77. The summed E-state index contributed by atoms with van der Waals surface area (Å²) in [5.41, 5.74) is 12.3. The largest absolute Gasteiger partial charge is 0.477 e. The number of hydrogen-bond acceptors (Lipinski definition) is 4. The lowest BCUT2D eigenvalue weighted by Crippen LogP contribution is -2.43. The van der Waals surface area contributed by atoms with Gasteiger partial charge in [0.25, 0.3) is 0 Å². The van der Waals surface area contributed by atoms with Gasteiger partial charge in [0, 0.05) is 22.7 Å². The molecule has 29 heavy (non-hydrogen) atoms. The van der Waals surface area contributed by atoms with Crippen molar-refractivity contribution >= 4 is 5.65 Å². The van der Waals surface area contributed by atoms with Crippen molar-refractivity contribution in [2.24, 2.45) is 5.73 Å². The van der Waals surface area contributed by atoms with Gasteiger partial charge in [0.15, 0.2) is 5.65 Å². The van der Waals surface area contributed by atoms with Gasteiger partial charge in [-0.3, -0.25) is 0 Å². The zero-order chi connectivity index (χ0) is 19.8. The minimum absolute atomic E-state index is 0.159. The summed E-state index contributed by atoms with van der Waals surface area (Å²) in [5, 5.41) is 4.68. The first-order valence-corrected chi connectivity index (χ1v) is 10.2. The molecular formula is C24H24N4O. The van der Waals surface area contributed by atoms with Crippen molar-refractivity contribution in [1.82, 2.24) is 14.6 Å². The Hall–Kier alpha value is -3.18. The number of benzene rings is 2. The molecule has 2 N–H and O–H groups in total. The smallest absolute Gasteiger partial charge is 0.231 e. The van der Waals surface area contributed by atoms with Crippen LogP contribution in [0.3, 0.4) is 0 Å². The number of imidazole rings is 1. The van der Waals surface area contributed by atoms with Gasteiger partial charge >= 0.3 is 0 Å². The van der Waals surface area contributed by atoms with Crippen LogP contribution in [0.5, 0.6) is 5.88 Å². The Morgan fingerprint density at radius 2 is 1.72 bits per heavy atom. The molecule has 2 aromatic carbocycles. The maximum absolute atomic E-state index is 6.50. The number of fused-ring (bicyclic) bond motifs is 1. The third-order valence-electron chi connectivity index (χ3n) is 5.77. The summed E-state index contributed by atoms with van der Waals surface area (Å²) in [4.78, 5) is 4.90. The fourth-order valence-corrected chi connectivity index (χ4v) is 4.00. The number of rotatable bonds is 5. The van der Waals surface area contributed by atoms with Crippen LogP contribution in [0.1, 0.15) is 31.7 Å². The molecule has 5 heteroatoms. The molecule has 4 aromatic rings. The van der Waals surface area contributed by atoms with Crippen molar-refractivity contribution in [3.8, 4) is 28.4 Å². The molecule has 0 saturated heterocycles. The summed E-state index contributed by atoms with van der Waals surface area (Å²) >= 11 is 0. The van der Waals surface area contributed by atoms with Gasteiger partial charge in [0.2, 0.25) is 5.88 Å². The zero-order valence-corrected chi connectivity index (χ0v) is 16.5. The van der Waals surface area contributed by atoms with E-state index in [2.05, 4.69) is 41.5 Å². The highest BCUT2D eigenvalue weighted by Gasteiger charge is 2.34. The van der Waals surface area contributed by atoms with E-state index >= 15 is 0 Å². The standard InChI is InChI=1S/C24H24N4O/c1-2-29-21-14-13-20-26-22(23(28(20)27-21)18-7-4-3-5-8-18)17-9-11-19(12-10-17)24(25)15-6-16-24/h3-5,7-14H,2,6,15-16,25H2,1H3. The van der Waals surface area contributed by atoms with Crippen LogP contribution in [0.25, 0.3) is 28.2 Å². The molecule has 0 bridgehead atoms. The van der Waals surface area contributed by atoms with Gasteiger partial charge in [-0.2, -0.15) is 0 Å². The molecule has 0 aliphatic heterocycles. The Labute approximate surface area is 170 Å². The Kier molecular flexibility index (Phi) is 4.32.